The van der Waals surface area contributed by atoms with E-state index in [1.807, 2.05) is 18.2 Å². The van der Waals surface area contributed by atoms with Gasteiger partial charge in [-0.1, -0.05) is 0 Å². The van der Waals surface area contributed by atoms with E-state index in [4.69, 9.17) is 0 Å². The first kappa shape index (κ1) is 20.7. The molecule has 0 fully saturated rings. The third-order valence-corrected chi connectivity index (χ3v) is 2.50. The summed E-state index contributed by atoms with van der Waals surface area (Å²) in [5, 5.41) is 20.8. The van der Waals surface area contributed by atoms with E-state index in [1.54, 1.807) is 18.6 Å². The molecule has 0 unspecified atom stereocenters. The predicted molar refractivity (Wildman–Crippen MR) is 79.7 cm³/mol. The minimum Gasteiger partial charge on any atom is -0.358 e. The topological polar surface area (TPSA) is 86.0 Å². The second kappa shape index (κ2) is 9.33. The largest absolute Gasteiger partial charge is 3.00 e. The van der Waals surface area contributed by atoms with Crippen LogP contribution in [0.2, 0.25) is 0 Å². The second-order valence-electron chi connectivity index (χ2n) is 3.47. The third kappa shape index (κ3) is 3.95. The minimum atomic E-state index is 0. The van der Waals surface area contributed by atoms with Crippen molar-refractivity contribution in [1.29, 1.82) is 0 Å². The van der Waals surface area contributed by atoms with E-state index in [2.05, 4.69) is 30.6 Å². The first-order valence-corrected chi connectivity index (χ1v) is 4.93. The van der Waals surface area contributed by atoms with Crippen molar-refractivity contribution >= 4 is 23.5 Å². The van der Waals surface area contributed by atoms with Gasteiger partial charge in [0, 0.05) is 35.4 Å². The van der Waals surface area contributed by atoms with Crippen molar-refractivity contribution < 1.29 is 21.7 Å². The predicted octanol–water partition coefficient (Wildman–Crippen LogP) is -0.280. The van der Waals surface area contributed by atoms with E-state index >= 15 is 0 Å². The van der Waals surface area contributed by atoms with Crippen molar-refractivity contribution in [3.63, 3.8) is 0 Å². The Bertz CT molecular complexity index is 453. The van der Waals surface area contributed by atoms with Gasteiger partial charge in [-0.15, -0.1) is 0 Å². The standard InChI is InChI=1S/C9H9BN6.3CH3.Ti/c1-4-11-14-7(1)10(8-2-5-12-15-8)9-3-6-13-16-9;;;;/h1-6H,(H,11,14)(H,12,15)(H,13,16);3*1H3;/q;3*-1;+3. The van der Waals surface area contributed by atoms with E-state index in [0.717, 1.165) is 16.8 Å². The van der Waals surface area contributed by atoms with E-state index in [1.165, 1.54) is 0 Å². The van der Waals surface area contributed by atoms with Crippen molar-refractivity contribution in [1.82, 2.24) is 30.6 Å². The number of hydrogen-bond donors (Lipinski definition) is 3. The van der Waals surface area contributed by atoms with E-state index in [-0.39, 0.29) is 50.7 Å². The number of H-pyrrole nitrogens is 3. The maximum absolute atomic E-state index is 3.97. The Balaban J connectivity index is 0. The molecule has 0 aromatic carbocycles. The van der Waals surface area contributed by atoms with Crippen LogP contribution in [-0.4, -0.2) is 37.3 Å². The fourth-order valence-electron chi connectivity index (χ4n) is 1.78. The van der Waals surface area contributed by atoms with Crippen LogP contribution in [0, 0.1) is 22.3 Å². The van der Waals surface area contributed by atoms with Gasteiger partial charge in [-0.05, 0) is 18.2 Å². The van der Waals surface area contributed by atoms with Gasteiger partial charge >= 0.3 is 28.4 Å². The molecule has 0 aliphatic heterocycles. The van der Waals surface area contributed by atoms with Crippen LogP contribution in [0.3, 0.4) is 0 Å². The van der Waals surface area contributed by atoms with Gasteiger partial charge in [0.05, 0.1) is 0 Å². The van der Waals surface area contributed by atoms with Crippen molar-refractivity contribution in [3.05, 3.63) is 59.1 Å². The molecule has 0 bridgehead atoms. The van der Waals surface area contributed by atoms with Crippen LogP contribution in [-0.2, 0) is 21.7 Å². The van der Waals surface area contributed by atoms with Crippen molar-refractivity contribution in [2.45, 2.75) is 0 Å². The summed E-state index contributed by atoms with van der Waals surface area (Å²) in [5.74, 6) is 0. The molecule has 0 atom stereocenters. The molecule has 0 aliphatic carbocycles. The Kier molecular flexibility index (Phi) is 9.67. The smallest absolute Gasteiger partial charge is 0.358 e. The molecule has 0 amide bonds. The van der Waals surface area contributed by atoms with Crippen LogP contribution in [0.15, 0.2) is 36.8 Å². The molecule has 0 saturated carbocycles. The van der Waals surface area contributed by atoms with Gasteiger partial charge in [0.2, 0.25) is 0 Å². The second-order valence-corrected chi connectivity index (χ2v) is 3.47. The molecule has 20 heavy (non-hydrogen) atoms. The fourth-order valence-corrected chi connectivity index (χ4v) is 1.78. The summed E-state index contributed by atoms with van der Waals surface area (Å²) < 4.78 is 0. The zero-order valence-electron chi connectivity index (χ0n) is 11.9. The molecule has 1 radical (unpaired) electrons. The molecule has 0 aliphatic rings. The maximum atomic E-state index is 3.97. The number of nitrogens with zero attached hydrogens (tertiary/aromatic N) is 3. The summed E-state index contributed by atoms with van der Waals surface area (Å²) in [4.78, 5) is 0. The molecule has 6 nitrogen and oxygen atoms in total. The molecule has 103 valence electrons. The van der Waals surface area contributed by atoms with Crippen LogP contribution >= 0.6 is 0 Å². The van der Waals surface area contributed by atoms with Crippen molar-refractivity contribution in [3.8, 4) is 0 Å². The van der Waals surface area contributed by atoms with Crippen LogP contribution in [0.4, 0.5) is 0 Å². The van der Waals surface area contributed by atoms with Crippen LogP contribution in [0.25, 0.3) is 0 Å². The van der Waals surface area contributed by atoms with Crippen LogP contribution < -0.4 is 16.8 Å². The summed E-state index contributed by atoms with van der Waals surface area (Å²) in [6.07, 6.45) is 5.19. The number of rotatable bonds is 3. The molecule has 8 heteroatoms. The number of hydrogen-bond acceptors (Lipinski definition) is 3. The zero-order valence-corrected chi connectivity index (χ0v) is 13.4. The van der Waals surface area contributed by atoms with Gasteiger partial charge < -0.3 is 22.3 Å². The zero-order chi connectivity index (χ0) is 10.8. The monoisotopic (exact) mass is 305 g/mol. The molecule has 3 rings (SSSR count). The molecule has 3 N–H and O–H groups in total. The van der Waals surface area contributed by atoms with E-state index in [0.29, 0.717) is 0 Å². The molecule has 0 saturated heterocycles. The summed E-state index contributed by atoms with van der Waals surface area (Å²) >= 11 is 0. The number of aromatic nitrogens is 6. The summed E-state index contributed by atoms with van der Waals surface area (Å²) in [7, 11) is 0. The molecule has 3 heterocycles. The van der Waals surface area contributed by atoms with Crippen LogP contribution in [0.1, 0.15) is 0 Å². The SMILES string of the molecule is [CH3-].[CH3-].[CH3-].[Ti+3].c1cc(B(c2ccn[nH]2)c2ccn[nH]2)[nH]n1. The van der Waals surface area contributed by atoms with Crippen LogP contribution in [0.5, 0.6) is 0 Å². The first-order valence-electron chi connectivity index (χ1n) is 4.93. The van der Waals surface area contributed by atoms with Gasteiger partial charge in [-0.3, -0.25) is 15.3 Å². The van der Waals surface area contributed by atoms with E-state index < -0.39 is 0 Å². The Morgan fingerprint density at radius 1 is 0.650 bits per heavy atom. The molecular weight excluding hydrogens is 287 g/mol. The molecule has 0 spiro atoms. The summed E-state index contributed by atoms with van der Waals surface area (Å²) in [6.45, 7) is 0.0347. The van der Waals surface area contributed by atoms with Gasteiger partial charge in [0.1, 0.15) is 0 Å². The molecule has 3 aromatic heterocycles. The first-order chi connectivity index (χ1) is 7.95. The van der Waals surface area contributed by atoms with Gasteiger partial charge in [0.15, 0.2) is 0 Å². The summed E-state index contributed by atoms with van der Waals surface area (Å²) in [6, 6.07) is 5.81. The third-order valence-electron chi connectivity index (χ3n) is 2.50. The van der Waals surface area contributed by atoms with Gasteiger partial charge in [0.25, 0.3) is 0 Å². The normalized spacial score (nSPS) is 8.40. The Hall–Kier alpha value is -1.59. The molecule has 3 aromatic rings. The number of nitrogens with one attached hydrogen (secondary N) is 3. The number of aromatic amines is 3. The quantitative estimate of drug-likeness (QED) is 0.459. The Labute approximate surface area is 135 Å². The molecular formula is C12H18BN6Ti. The Morgan fingerprint density at radius 2 is 0.950 bits per heavy atom. The average Bonchev–Trinajstić information content (AvgIpc) is 3.02. The van der Waals surface area contributed by atoms with Gasteiger partial charge in [-0.25, -0.2) is 0 Å². The minimum absolute atomic E-state index is 0. The average molecular weight is 305 g/mol. The summed E-state index contributed by atoms with van der Waals surface area (Å²) in [5.41, 5.74) is 2.98. The Morgan fingerprint density at radius 3 is 1.15 bits per heavy atom. The van der Waals surface area contributed by atoms with Gasteiger partial charge in [-0.2, -0.15) is 15.3 Å². The van der Waals surface area contributed by atoms with Crippen molar-refractivity contribution in [2.75, 3.05) is 0 Å². The van der Waals surface area contributed by atoms with E-state index in [9.17, 15) is 0 Å². The maximum Gasteiger partial charge on any atom is 3.00 e. The van der Waals surface area contributed by atoms with Crippen molar-refractivity contribution in [2.24, 2.45) is 0 Å². The fraction of sp³-hybridized carbons (Fsp3) is 0.